The Bertz CT molecular complexity index is 2690. The Balaban J connectivity index is 0.000000167. The first-order valence-electron chi connectivity index (χ1n) is 16.4. The minimum Gasteiger partial charge on any atom is -0.465 e. The Labute approximate surface area is 306 Å². The van der Waals surface area contributed by atoms with Crippen LogP contribution in [0.4, 0.5) is 31.8 Å². The summed E-state index contributed by atoms with van der Waals surface area (Å²) in [6, 6.07) is 24.8. The number of ether oxygens (including phenoxy) is 1. The number of aromatic nitrogens is 8. The summed E-state index contributed by atoms with van der Waals surface area (Å²) in [6.45, 7) is 3.66. The van der Waals surface area contributed by atoms with Gasteiger partial charge in [-0.2, -0.15) is 5.26 Å². The number of nitrogens with one attached hydrogen (secondary N) is 2. The summed E-state index contributed by atoms with van der Waals surface area (Å²) in [4.78, 5) is 38.0. The topological polar surface area (TPSA) is 161 Å². The molecule has 0 saturated carbocycles. The maximum absolute atomic E-state index is 13.7. The highest BCUT2D eigenvalue weighted by atomic mass is 19.1. The summed E-state index contributed by atoms with van der Waals surface area (Å²) >= 11 is 0. The van der Waals surface area contributed by atoms with E-state index in [1.807, 2.05) is 13.8 Å². The number of nitrogens with zero attached hydrogens (tertiary/aromatic N) is 9. The molecule has 0 amide bonds. The molecule has 0 unspecified atom stereocenters. The van der Waals surface area contributed by atoms with E-state index in [1.165, 1.54) is 31.4 Å². The van der Waals surface area contributed by atoms with E-state index in [2.05, 4.69) is 51.3 Å². The van der Waals surface area contributed by atoms with Gasteiger partial charge >= 0.3 is 5.97 Å². The lowest BCUT2D eigenvalue weighted by Gasteiger charge is -2.10. The van der Waals surface area contributed by atoms with Crippen LogP contribution in [0, 0.1) is 36.8 Å². The second-order valence-corrected chi connectivity index (χ2v) is 11.8. The first kappa shape index (κ1) is 34.8. The zero-order valence-electron chi connectivity index (χ0n) is 29.0. The zero-order valence-corrected chi connectivity index (χ0v) is 29.0. The molecule has 0 radical (unpaired) electrons. The highest BCUT2D eigenvalue weighted by Gasteiger charge is 2.14. The fraction of sp³-hybridized carbons (Fsp3) is 0.0769. The van der Waals surface area contributed by atoms with E-state index < -0.39 is 5.97 Å². The molecule has 0 atom stereocenters. The second kappa shape index (κ2) is 14.9. The van der Waals surface area contributed by atoms with Gasteiger partial charge in [0.1, 0.15) is 23.3 Å². The molecular formula is C39H29F2N11O2. The number of hydrogen-bond donors (Lipinski definition) is 2. The van der Waals surface area contributed by atoms with Gasteiger partial charge in [0.05, 0.1) is 71.2 Å². The van der Waals surface area contributed by atoms with Crippen molar-refractivity contribution in [3.05, 3.63) is 144 Å². The molecule has 4 aromatic carbocycles. The summed E-state index contributed by atoms with van der Waals surface area (Å²) in [5.74, 6) is 2.37. The number of carbonyl (C=O) groups excluding carboxylic acids is 1. The predicted octanol–water partition coefficient (Wildman–Crippen LogP) is 7.67. The van der Waals surface area contributed by atoms with Crippen LogP contribution in [0.25, 0.3) is 33.7 Å². The first-order valence-corrected chi connectivity index (χ1v) is 16.4. The fourth-order valence-corrected chi connectivity index (χ4v) is 5.69. The van der Waals surface area contributed by atoms with E-state index in [4.69, 9.17) is 5.26 Å². The Morgan fingerprint density at radius 1 is 0.667 bits per heavy atom. The minimum absolute atomic E-state index is 0.335. The number of anilines is 4. The van der Waals surface area contributed by atoms with Crippen LogP contribution in [0.2, 0.25) is 0 Å². The van der Waals surface area contributed by atoms with Crippen molar-refractivity contribution in [1.29, 1.82) is 5.26 Å². The Kier molecular flexibility index (Phi) is 9.64. The molecule has 0 saturated heterocycles. The summed E-state index contributed by atoms with van der Waals surface area (Å²) < 4.78 is 35.6. The van der Waals surface area contributed by atoms with E-state index in [0.717, 1.165) is 11.4 Å². The van der Waals surface area contributed by atoms with Crippen molar-refractivity contribution in [3.8, 4) is 17.7 Å². The van der Waals surface area contributed by atoms with Gasteiger partial charge in [-0.3, -0.25) is 19.1 Å². The summed E-state index contributed by atoms with van der Waals surface area (Å²) in [5.41, 5.74) is 5.17. The number of hydrogen-bond acceptors (Lipinski definition) is 11. The molecule has 0 spiro atoms. The Hall–Kier alpha value is -7.60. The van der Waals surface area contributed by atoms with Crippen LogP contribution in [-0.2, 0) is 4.74 Å². The molecular weight excluding hydrogens is 692 g/mol. The molecule has 2 N–H and O–H groups in total. The summed E-state index contributed by atoms with van der Waals surface area (Å²) in [7, 11) is 1.34. The number of nitriles is 1. The van der Waals surface area contributed by atoms with Crippen LogP contribution >= 0.6 is 0 Å². The molecule has 8 aromatic rings. The van der Waals surface area contributed by atoms with Gasteiger partial charge in [-0.25, -0.2) is 33.5 Å². The van der Waals surface area contributed by atoms with Crippen molar-refractivity contribution in [3.63, 3.8) is 0 Å². The molecule has 266 valence electrons. The molecule has 0 bridgehead atoms. The van der Waals surface area contributed by atoms with Gasteiger partial charge in [0.2, 0.25) is 0 Å². The maximum Gasteiger partial charge on any atom is 0.337 e. The number of halogens is 2. The molecule has 4 aromatic heterocycles. The first-order chi connectivity index (χ1) is 26.2. The SMILES string of the molecule is COC(=O)c1ccc(Nc2cncc(-n3c(C)nc4ccc(F)cc43)n2)cc1.Cc1nc2ccc(F)cc2n1-c1cncc(Nc2ccc(C#N)cc2)n1. The number of benzene rings is 4. The van der Waals surface area contributed by atoms with E-state index >= 15 is 0 Å². The maximum atomic E-state index is 13.7. The van der Waals surface area contributed by atoms with Crippen LogP contribution in [0.3, 0.4) is 0 Å². The van der Waals surface area contributed by atoms with Crippen LogP contribution in [0.5, 0.6) is 0 Å². The van der Waals surface area contributed by atoms with E-state index in [1.54, 1.807) is 94.6 Å². The highest BCUT2D eigenvalue weighted by Crippen LogP contribution is 2.24. The molecule has 8 rings (SSSR count). The van der Waals surface area contributed by atoms with Crippen molar-refractivity contribution < 1.29 is 18.3 Å². The molecule has 13 nitrogen and oxygen atoms in total. The number of rotatable bonds is 7. The lowest BCUT2D eigenvalue weighted by Crippen LogP contribution is -2.04. The molecule has 4 heterocycles. The third-order valence-electron chi connectivity index (χ3n) is 8.14. The second-order valence-electron chi connectivity index (χ2n) is 11.8. The smallest absolute Gasteiger partial charge is 0.337 e. The fourth-order valence-electron chi connectivity index (χ4n) is 5.69. The van der Waals surface area contributed by atoms with Crippen molar-refractivity contribution >= 4 is 51.0 Å². The molecule has 0 fully saturated rings. The van der Waals surface area contributed by atoms with Gasteiger partial charge in [0.25, 0.3) is 0 Å². The number of imidazole rings is 2. The lowest BCUT2D eigenvalue weighted by molar-refractivity contribution is 0.0600. The summed E-state index contributed by atoms with van der Waals surface area (Å²) in [6.07, 6.45) is 6.36. The number of fused-ring (bicyclic) bond motifs is 2. The number of methoxy groups -OCH3 is 1. The minimum atomic E-state index is -0.400. The third kappa shape index (κ3) is 7.39. The zero-order chi connectivity index (χ0) is 37.8. The largest absolute Gasteiger partial charge is 0.465 e. The van der Waals surface area contributed by atoms with Crippen molar-refractivity contribution in [2.24, 2.45) is 0 Å². The van der Waals surface area contributed by atoms with Gasteiger partial charge < -0.3 is 15.4 Å². The molecule has 15 heteroatoms. The van der Waals surface area contributed by atoms with Crippen molar-refractivity contribution in [1.82, 2.24) is 39.0 Å². The van der Waals surface area contributed by atoms with Gasteiger partial charge in [0.15, 0.2) is 23.3 Å². The van der Waals surface area contributed by atoms with Crippen molar-refractivity contribution in [2.75, 3.05) is 17.7 Å². The van der Waals surface area contributed by atoms with Crippen molar-refractivity contribution in [2.45, 2.75) is 13.8 Å². The molecule has 54 heavy (non-hydrogen) atoms. The number of carbonyl (C=O) groups is 1. The van der Waals surface area contributed by atoms with Gasteiger partial charge in [-0.15, -0.1) is 0 Å². The third-order valence-corrected chi connectivity index (χ3v) is 8.14. The van der Waals surface area contributed by atoms with Crippen LogP contribution < -0.4 is 10.6 Å². The Morgan fingerprint density at radius 2 is 1.13 bits per heavy atom. The van der Waals surface area contributed by atoms with Crippen LogP contribution in [0.15, 0.2) is 110 Å². The van der Waals surface area contributed by atoms with Gasteiger partial charge in [0, 0.05) is 23.5 Å². The quantitative estimate of drug-likeness (QED) is 0.155. The molecule has 0 aliphatic heterocycles. The van der Waals surface area contributed by atoms with E-state index in [0.29, 0.717) is 68.1 Å². The Morgan fingerprint density at radius 3 is 1.57 bits per heavy atom. The van der Waals surface area contributed by atoms with E-state index in [9.17, 15) is 13.6 Å². The average molecular weight is 722 g/mol. The molecule has 0 aliphatic rings. The van der Waals surface area contributed by atoms with Gasteiger partial charge in [-0.1, -0.05) is 0 Å². The standard InChI is InChI=1S/C20H16FN5O2.C19H13FN6/c1-12-23-16-8-5-14(21)9-17(16)26(12)19-11-22-10-18(25-19)24-15-6-3-13(4-7-15)20(27)28-2;1-12-23-16-7-4-14(20)8-17(16)26(12)19-11-22-10-18(25-19)24-15-5-2-13(9-21)3-6-15/h3-11H,1-2H3,(H,24,25);2-8,10-11H,1H3,(H,24,25). The van der Waals surface area contributed by atoms with Gasteiger partial charge in [-0.05, 0) is 86.6 Å². The average Bonchev–Trinajstić information content (AvgIpc) is 3.69. The van der Waals surface area contributed by atoms with Crippen LogP contribution in [0.1, 0.15) is 27.6 Å². The normalized spacial score (nSPS) is 10.7. The van der Waals surface area contributed by atoms with Crippen LogP contribution in [-0.4, -0.2) is 52.1 Å². The number of aryl methyl sites for hydroxylation is 2. The monoisotopic (exact) mass is 721 g/mol. The van der Waals surface area contributed by atoms with E-state index in [-0.39, 0.29) is 11.6 Å². The highest BCUT2D eigenvalue weighted by molar-refractivity contribution is 5.89. The number of esters is 1. The lowest BCUT2D eigenvalue weighted by atomic mass is 10.2. The molecule has 0 aliphatic carbocycles. The predicted molar refractivity (Wildman–Crippen MR) is 198 cm³/mol. The summed E-state index contributed by atoms with van der Waals surface area (Å²) in [5, 5.41) is 15.1.